The molecule has 1 aromatic heterocycles. The molecule has 1 amide bonds. The topological polar surface area (TPSA) is 66.9 Å². The maximum Gasteiger partial charge on any atom is 0.258 e. The van der Waals surface area contributed by atoms with Gasteiger partial charge in [-0.05, 0) is 40.5 Å². The molecule has 2 N–H and O–H groups in total. The van der Waals surface area contributed by atoms with E-state index >= 15 is 0 Å². The van der Waals surface area contributed by atoms with E-state index in [0.717, 1.165) is 11.3 Å². The highest BCUT2D eigenvalue weighted by Crippen LogP contribution is 2.18. The van der Waals surface area contributed by atoms with Gasteiger partial charge in [0.05, 0.1) is 18.0 Å². The van der Waals surface area contributed by atoms with E-state index in [0.29, 0.717) is 16.0 Å². The fourth-order valence-corrected chi connectivity index (χ4v) is 1.83. The van der Waals surface area contributed by atoms with Gasteiger partial charge in [-0.25, -0.2) is 9.97 Å². The lowest BCUT2D eigenvalue weighted by atomic mass is 10.1. The maximum atomic E-state index is 12.2. The molecule has 98 valence electrons. The number of aromatic nitrogens is 2. The highest BCUT2D eigenvalue weighted by molar-refractivity contribution is 9.10. The molecule has 0 saturated heterocycles. The Kier molecular flexibility index (Phi) is 4.11. The Balaban J connectivity index is 2.22. The van der Waals surface area contributed by atoms with Gasteiger partial charge >= 0.3 is 0 Å². The third-order valence-electron chi connectivity index (χ3n) is 2.55. The van der Waals surface area contributed by atoms with Gasteiger partial charge in [0.15, 0.2) is 5.82 Å². The Morgan fingerprint density at radius 2 is 2.05 bits per heavy atom. The third kappa shape index (κ3) is 3.29. The highest BCUT2D eigenvalue weighted by Gasteiger charge is 2.11. The first kappa shape index (κ1) is 13.5. The number of carbonyl (C=O) groups is 1. The Morgan fingerprint density at radius 1 is 1.26 bits per heavy atom. The van der Waals surface area contributed by atoms with Crippen LogP contribution in [-0.2, 0) is 0 Å². The number of aryl methyl sites for hydroxylation is 1. The first-order chi connectivity index (χ1) is 9.10. The number of nitrogens with one attached hydrogen (secondary N) is 2. The molecule has 0 atom stereocenters. The molecule has 0 fully saturated rings. The molecule has 0 saturated carbocycles. The van der Waals surface area contributed by atoms with Crippen molar-refractivity contribution in [3.05, 3.63) is 46.3 Å². The lowest BCUT2D eigenvalue weighted by Gasteiger charge is -2.10. The Hall–Kier alpha value is -1.95. The van der Waals surface area contributed by atoms with E-state index in [-0.39, 0.29) is 5.91 Å². The molecule has 0 aliphatic carbocycles. The number of rotatable bonds is 3. The molecule has 0 aliphatic rings. The Morgan fingerprint density at radius 3 is 2.68 bits per heavy atom. The second-order valence-corrected chi connectivity index (χ2v) is 4.79. The van der Waals surface area contributed by atoms with Crippen LogP contribution in [-0.4, -0.2) is 22.9 Å². The van der Waals surface area contributed by atoms with Gasteiger partial charge in [-0.1, -0.05) is 6.07 Å². The minimum atomic E-state index is -0.221. The van der Waals surface area contributed by atoms with Crippen molar-refractivity contribution in [1.82, 2.24) is 9.97 Å². The van der Waals surface area contributed by atoms with Crippen molar-refractivity contribution in [3.63, 3.8) is 0 Å². The summed E-state index contributed by atoms with van der Waals surface area (Å²) in [6, 6.07) is 5.59. The van der Waals surface area contributed by atoms with Crippen LogP contribution in [0.3, 0.4) is 0 Å². The molecular formula is C13H13BrN4O. The first-order valence-electron chi connectivity index (χ1n) is 5.67. The minimum absolute atomic E-state index is 0.221. The smallest absolute Gasteiger partial charge is 0.258 e. The summed E-state index contributed by atoms with van der Waals surface area (Å²) in [5, 5.41) is 5.71. The van der Waals surface area contributed by atoms with Gasteiger partial charge in [-0.3, -0.25) is 4.79 Å². The van der Waals surface area contributed by atoms with E-state index < -0.39 is 0 Å². The van der Waals surface area contributed by atoms with Crippen LogP contribution < -0.4 is 10.6 Å². The Labute approximate surface area is 119 Å². The fourth-order valence-electron chi connectivity index (χ4n) is 1.62. The summed E-state index contributed by atoms with van der Waals surface area (Å²) in [4.78, 5) is 20.2. The number of halogens is 1. The van der Waals surface area contributed by atoms with Crippen LogP contribution in [0.1, 0.15) is 15.9 Å². The number of anilines is 2. The van der Waals surface area contributed by atoms with Crippen molar-refractivity contribution < 1.29 is 4.79 Å². The van der Waals surface area contributed by atoms with Crippen molar-refractivity contribution in [2.75, 3.05) is 17.7 Å². The highest BCUT2D eigenvalue weighted by atomic mass is 79.9. The average Bonchev–Trinajstić information content (AvgIpc) is 2.41. The van der Waals surface area contributed by atoms with Crippen LogP contribution in [0, 0.1) is 6.92 Å². The van der Waals surface area contributed by atoms with E-state index in [2.05, 4.69) is 36.5 Å². The van der Waals surface area contributed by atoms with Crippen LogP contribution in [0.4, 0.5) is 11.5 Å². The second kappa shape index (κ2) is 5.79. The van der Waals surface area contributed by atoms with Gasteiger partial charge < -0.3 is 10.6 Å². The number of nitrogens with zero attached hydrogens (tertiary/aromatic N) is 2. The van der Waals surface area contributed by atoms with Crippen LogP contribution in [0.5, 0.6) is 0 Å². The largest absolute Gasteiger partial charge is 0.387 e. The fraction of sp³-hybridized carbons (Fsp3) is 0.154. The number of amides is 1. The average molecular weight is 321 g/mol. The predicted octanol–water partition coefficient (Wildman–Crippen LogP) is 2.84. The molecule has 1 heterocycles. The van der Waals surface area contributed by atoms with Gasteiger partial charge in [-0.15, -0.1) is 0 Å². The van der Waals surface area contributed by atoms with Crippen molar-refractivity contribution in [2.24, 2.45) is 0 Å². The predicted molar refractivity (Wildman–Crippen MR) is 78.4 cm³/mol. The zero-order valence-corrected chi connectivity index (χ0v) is 12.2. The number of benzene rings is 1. The molecule has 0 spiro atoms. The van der Waals surface area contributed by atoms with Crippen molar-refractivity contribution in [3.8, 4) is 0 Å². The van der Waals surface area contributed by atoms with Crippen LogP contribution in [0.15, 0.2) is 35.2 Å². The van der Waals surface area contributed by atoms with Gasteiger partial charge in [0.1, 0.15) is 4.60 Å². The molecule has 2 aromatic rings. The van der Waals surface area contributed by atoms with E-state index in [9.17, 15) is 4.79 Å². The molecule has 2 rings (SSSR count). The van der Waals surface area contributed by atoms with Crippen molar-refractivity contribution in [2.45, 2.75) is 6.92 Å². The quantitative estimate of drug-likeness (QED) is 0.912. The Bertz CT molecular complexity index is 598. The molecule has 0 unspecified atom stereocenters. The van der Waals surface area contributed by atoms with Gasteiger partial charge in [0, 0.05) is 12.7 Å². The van der Waals surface area contributed by atoms with E-state index in [1.807, 2.05) is 19.1 Å². The van der Waals surface area contributed by atoms with Gasteiger partial charge in [-0.2, -0.15) is 0 Å². The van der Waals surface area contributed by atoms with Crippen molar-refractivity contribution >= 4 is 33.3 Å². The summed E-state index contributed by atoms with van der Waals surface area (Å²) in [5.41, 5.74) is 2.43. The molecule has 19 heavy (non-hydrogen) atoms. The first-order valence-corrected chi connectivity index (χ1v) is 6.47. The van der Waals surface area contributed by atoms with Gasteiger partial charge in [0.2, 0.25) is 0 Å². The minimum Gasteiger partial charge on any atom is -0.387 e. The summed E-state index contributed by atoms with van der Waals surface area (Å²) in [6.07, 6.45) is 3.03. The summed E-state index contributed by atoms with van der Waals surface area (Å²) in [6.45, 7) is 1.97. The van der Waals surface area contributed by atoms with Crippen molar-refractivity contribution in [1.29, 1.82) is 0 Å². The third-order valence-corrected chi connectivity index (χ3v) is 2.96. The lowest BCUT2D eigenvalue weighted by molar-refractivity contribution is 0.102. The lowest BCUT2D eigenvalue weighted by Crippen LogP contribution is -2.15. The SMILES string of the molecule is CNc1cc(C)ccc1C(=O)Nc1cnc(Br)cn1. The van der Waals surface area contributed by atoms with Gasteiger partial charge in [0.25, 0.3) is 5.91 Å². The zero-order valence-electron chi connectivity index (χ0n) is 10.6. The summed E-state index contributed by atoms with van der Waals surface area (Å²) in [5.74, 6) is 0.191. The number of hydrogen-bond acceptors (Lipinski definition) is 4. The molecule has 0 aliphatic heterocycles. The van der Waals surface area contributed by atoms with E-state index in [1.165, 1.54) is 12.4 Å². The summed E-state index contributed by atoms with van der Waals surface area (Å²) < 4.78 is 0.622. The molecular weight excluding hydrogens is 308 g/mol. The zero-order chi connectivity index (χ0) is 13.8. The maximum absolute atomic E-state index is 12.2. The molecule has 5 nitrogen and oxygen atoms in total. The number of hydrogen-bond donors (Lipinski definition) is 2. The standard InChI is InChI=1S/C13H13BrN4O/c1-8-3-4-9(10(5-8)15-2)13(19)18-12-7-16-11(14)6-17-12/h3-7,15H,1-2H3,(H,17,18,19). The van der Waals surface area contributed by atoms with E-state index in [4.69, 9.17) is 0 Å². The summed E-state index contributed by atoms with van der Waals surface area (Å²) >= 11 is 3.19. The van der Waals surface area contributed by atoms with Crippen LogP contribution >= 0.6 is 15.9 Å². The van der Waals surface area contributed by atoms with Crippen LogP contribution in [0.2, 0.25) is 0 Å². The molecule has 1 aromatic carbocycles. The summed E-state index contributed by atoms with van der Waals surface area (Å²) in [7, 11) is 1.78. The molecule has 6 heteroatoms. The normalized spacial score (nSPS) is 10.1. The second-order valence-electron chi connectivity index (χ2n) is 3.98. The number of carbonyl (C=O) groups excluding carboxylic acids is 1. The van der Waals surface area contributed by atoms with Crippen LogP contribution in [0.25, 0.3) is 0 Å². The monoisotopic (exact) mass is 320 g/mol. The molecule has 0 radical (unpaired) electrons. The molecule has 0 bridgehead atoms. The van der Waals surface area contributed by atoms with E-state index in [1.54, 1.807) is 13.1 Å².